The molecule has 2 saturated heterocycles. The summed E-state index contributed by atoms with van der Waals surface area (Å²) in [5.41, 5.74) is 0. The molecule has 0 spiro atoms. The highest BCUT2D eigenvalue weighted by Gasteiger charge is 2.41. The number of carbonyl (C=O) groups excluding carboxylic acids is 1. The van der Waals surface area contributed by atoms with E-state index in [1.54, 1.807) is 0 Å². The Labute approximate surface area is 130 Å². The van der Waals surface area contributed by atoms with Gasteiger partial charge >= 0.3 is 0 Å². The van der Waals surface area contributed by atoms with Crippen LogP contribution in [0.4, 0.5) is 0 Å². The number of amides is 1. The number of carbonyl (C=O) groups is 1. The zero-order valence-electron chi connectivity index (χ0n) is 13.2. The molecule has 0 unspecified atom stereocenters. The van der Waals surface area contributed by atoms with Gasteiger partial charge in [-0.25, -0.2) is 0 Å². The van der Waals surface area contributed by atoms with E-state index in [1.165, 1.54) is 0 Å². The van der Waals surface area contributed by atoms with E-state index in [4.69, 9.17) is 4.74 Å². The third-order valence-corrected chi connectivity index (χ3v) is 5.29. The van der Waals surface area contributed by atoms with Gasteiger partial charge in [0.15, 0.2) is 0 Å². The van der Waals surface area contributed by atoms with Crippen molar-refractivity contribution >= 4 is 5.91 Å². The van der Waals surface area contributed by atoms with Crippen LogP contribution < -0.4 is 0 Å². The standard InChI is InChI=1S/C15H23N5O2/c1-10-3-6-22-14(10)15(21)19-7-12(8-19)18-4-5-20-11(2)16-17-13(20)9-18/h10,12,14H,3-9H2,1-2H3/t10-,14+/m1/s1. The minimum atomic E-state index is -0.215. The van der Waals surface area contributed by atoms with Crippen molar-refractivity contribution in [3.05, 3.63) is 11.6 Å². The van der Waals surface area contributed by atoms with Crippen molar-refractivity contribution in [1.29, 1.82) is 0 Å². The minimum absolute atomic E-state index is 0.178. The fourth-order valence-corrected chi connectivity index (χ4v) is 3.69. The summed E-state index contributed by atoms with van der Waals surface area (Å²) in [6, 6.07) is 0.450. The van der Waals surface area contributed by atoms with Crippen LogP contribution in [0.15, 0.2) is 0 Å². The number of ether oxygens (including phenoxy) is 1. The smallest absolute Gasteiger partial charge is 0.252 e. The quantitative estimate of drug-likeness (QED) is 0.772. The lowest BCUT2D eigenvalue weighted by Crippen LogP contribution is -2.63. The van der Waals surface area contributed by atoms with Crippen molar-refractivity contribution in [2.45, 2.75) is 45.5 Å². The Kier molecular flexibility index (Phi) is 3.41. The van der Waals surface area contributed by atoms with E-state index in [1.807, 2.05) is 11.8 Å². The molecule has 3 aliphatic heterocycles. The third-order valence-electron chi connectivity index (χ3n) is 5.29. The SMILES string of the molecule is Cc1nnc2n1CCN(C1CN(C(=O)[C@H]3OCC[C@H]3C)C1)C2. The van der Waals surface area contributed by atoms with Crippen LogP contribution in [0.5, 0.6) is 0 Å². The van der Waals surface area contributed by atoms with Gasteiger partial charge in [0.2, 0.25) is 0 Å². The average Bonchev–Trinajstić information content (AvgIpc) is 3.04. The van der Waals surface area contributed by atoms with Crippen LogP contribution in [-0.2, 0) is 22.6 Å². The third kappa shape index (κ3) is 2.23. The van der Waals surface area contributed by atoms with E-state index in [2.05, 4.69) is 26.6 Å². The Bertz CT molecular complexity index is 580. The molecular weight excluding hydrogens is 282 g/mol. The fraction of sp³-hybridized carbons (Fsp3) is 0.800. The zero-order chi connectivity index (χ0) is 15.3. The second-order valence-electron chi connectivity index (χ2n) is 6.74. The van der Waals surface area contributed by atoms with E-state index in [0.29, 0.717) is 12.0 Å². The van der Waals surface area contributed by atoms with Crippen LogP contribution in [0.3, 0.4) is 0 Å². The van der Waals surface area contributed by atoms with Gasteiger partial charge in [-0.1, -0.05) is 6.92 Å². The lowest BCUT2D eigenvalue weighted by atomic mass is 9.99. The molecule has 0 aliphatic carbocycles. The van der Waals surface area contributed by atoms with Crippen LogP contribution in [-0.4, -0.2) is 68.9 Å². The number of rotatable bonds is 2. The minimum Gasteiger partial charge on any atom is -0.368 e. The topological polar surface area (TPSA) is 63.5 Å². The molecule has 2 atom stereocenters. The first-order valence-electron chi connectivity index (χ1n) is 8.16. The molecular formula is C15H23N5O2. The van der Waals surface area contributed by atoms with Gasteiger partial charge in [0, 0.05) is 38.8 Å². The first-order chi connectivity index (χ1) is 10.6. The van der Waals surface area contributed by atoms with E-state index < -0.39 is 0 Å². The molecule has 7 heteroatoms. The van der Waals surface area contributed by atoms with Crippen molar-refractivity contribution in [2.24, 2.45) is 5.92 Å². The molecule has 0 saturated carbocycles. The van der Waals surface area contributed by atoms with Gasteiger partial charge in [-0.2, -0.15) is 0 Å². The Morgan fingerprint density at radius 2 is 2.09 bits per heavy atom. The van der Waals surface area contributed by atoms with Crippen LogP contribution >= 0.6 is 0 Å². The second kappa shape index (κ2) is 5.31. The predicted molar refractivity (Wildman–Crippen MR) is 79.1 cm³/mol. The van der Waals surface area contributed by atoms with Gasteiger partial charge in [-0.15, -0.1) is 10.2 Å². The number of hydrogen-bond donors (Lipinski definition) is 0. The van der Waals surface area contributed by atoms with Crippen molar-refractivity contribution in [3.63, 3.8) is 0 Å². The number of nitrogens with zero attached hydrogens (tertiary/aromatic N) is 5. The zero-order valence-corrected chi connectivity index (χ0v) is 13.2. The van der Waals surface area contributed by atoms with Gasteiger partial charge in [0.1, 0.15) is 17.8 Å². The fourth-order valence-electron chi connectivity index (χ4n) is 3.69. The lowest BCUT2D eigenvalue weighted by Gasteiger charge is -2.47. The van der Waals surface area contributed by atoms with E-state index >= 15 is 0 Å². The molecule has 0 N–H and O–H groups in total. The largest absolute Gasteiger partial charge is 0.368 e. The van der Waals surface area contributed by atoms with Crippen molar-refractivity contribution in [2.75, 3.05) is 26.2 Å². The van der Waals surface area contributed by atoms with E-state index in [9.17, 15) is 4.79 Å². The molecule has 0 bridgehead atoms. The second-order valence-corrected chi connectivity index (χ2v) is 6.74. The van der Waals surface area contributed by atoms with Crippen LogP contribution in [0.2, 0.25) is 0 Å². The molecule has 22 heavy (non-hydrogen) atoms. The molecule has 1 amide bonds. The molecule has 4 heterocycles. The number of aryl methyl sites for hydroxylation is 1. The van der Waals surface area contributed by atoms with Crippen molar-refractivity contribution in [1.82, 2.24) is 24.6 Å². The highest BCUT2D eigenvalue weighted by atomic mass is 16.5. The molecule has 7 nitrogen and oxygen atoms in total. The molecule has 0 aromatic carbocycles. The summed E-state index contributed by atoms with van der Waals surface area (Å²) in [4.78, 5) is 16.8. The Morgan fingerprint density at radius 1 is 1.27 bits per heavy atom. The average molecular weight is 305 g/mol. The molecule has 3 aliphatic rings. The molecule has 120 valence electrons. The monoisotopic (exact) mass is 305 g/mol. The highest BCUT2D eigenvalue weighted by Crippen LogP contribution is 2.26. The first-order valence-corrected chi connectivity index (χ1v) is 8.16. The Morgan fingerprint density at radius 3 is 2.82 bits per heavy atom. The lowest BCUT2D eigenvalue weighted by molar-refractivity contribution is -0.150. The normalized spacial score (nSPS) is 29.5. The summed E-state index contributed by atoms with van der Waals surface area (Å²) < 4.78 is 7.77. The van der Waals surface area contributed by atoms with Crippen LogP contribution in [0, 0.1) is 12.8 Å². The summed E-state index contributed by atoms with van der Waals surface area (Å²) >= 11 is 0. The summed E-state index contributed by atoms with van der Waals surface area (Å²) in [6.45, 7) is 9.25. The van der Waals surface area contributed by atoms with E-state index in [-0.39, 0.29) is 12.0 Å². The first kappa shape index (κ1) is 14.1. The Balaban J connectivity index is 1.33. The highest BCUT2D eigenvalue weighted by molar-refractivity contribution is 5.82. The molecule has 2 fully saturated rings. The molecule has 1 aromatic rings. The maximum atomic E-state index is 12.4. The van der Waals surface area contributed by atoms with Crippen LogP contribution in [0.25, 0.3) is 0 Å². The number of aromatic nitrogens is 3. The number of likely N-dealkylation sites (tertiary alicyclic amines) is 1. The van der Waals surface area contributed by atoms with Gasteiger partial charge in [0.25, 0.3) is 5.91 Å². The maximum Gasteiger partial charge on any atom is 0.252 e. The van der Waals surface area contributed by atoms with Crippen LogP contribution in [0.1, 0.15) is 25.0 Å². The predicted octanol–water partition coefficient (Wildman–Crippen LogP) is 0.0379. The van der Waals surface area contributed by atoms with Crippen molar-refractivity contribution < 1.29 is 9.53 Å². The summed E-state index contributed by atoms with van der Waals surface area (Å²) in [7, 11) is 0. The molecule has 0 radical (unpaired) electrons. The van der Waals surface area contributed by atoms with Gasteiger partial charge in [-0.3, -0.25) is 9.69 Å². The van der Waals surface area contributed by atoms with Gasteiger partial charge in [-0.05, 0) is 19.3 Å². The number of fused-ring (bicyclic) bond motifs is 1. The number of hydrogen-bond acceptors (Lipinski definition) is 5. The summed E-state index contributed by atoms with van der Waals surface area (Å²) in [5.74, 6) is 2.56. The summed E-state index contributed by atoms with van der Waals surface area (Å²) in [5, 5.41) is 8.39. The molecule has 4 rings (SSSR count). The van der Waals surface area contributed by atoms with Gasteiger partial charge in [0.05, 0.1) is 6.54 Å². The Hall–Kier alpha value is -1.47. The summed E-state index contributed by atoms with van der Waals surface area (Å²) in [6.07, 6.45) is 0.780. The molecule has 1 aromatic heterocycles. The maximum absolute atomic E-state index is 12.4. The van der Waals surface area contributed by atoms with E-state index in [0.717, 1.165) is 57.4 Å². The van der Waals surface area contributed by atoms with Gasteiger partial charge < -0.3 is 14.2 Å². The van der Waals surface area contributed by atoms with Crippen molar-refractivity contribution in [3.8, 4) is 0 Å².